The van der Waals surface area contributed by atoms with Gasteiger partial charge in [0.15, 0.2) is 0 Å². The number of alkyl halides is 5. The van der Waals surface area contributed by atoms with Gasteiger partial charge in [0.1, 0.15) is 6.54 Å². The molecule has 1 aromatic heterocycles. The van der Waals surface area contributed by atoms with Crippen molar-refractivity contribution in [3.05, 3.63) is 18.0 Å². The lowest BCUT2D eigenvalue weighted by molar-refractivity contribution is -0.192. The molecule has 0 bridgehead atoms. The first-order chi connectivity index (χ1) is 10.5. The number of rotatable bonds is 4. The van der Waals surface area contributed by atoms with E-state index in [1.54, 1.807) is 17.1 Å². The quantitative estimate of drug-likeness (QED) is 0.505. The van der Waals surface area contributed by atoms with Gasteiger partial charge >= 0.3 is 12.1 Å². The first-order valence-electron chi connectivity index (χ1n) is 5.77. The molecule has 0 fully saturated rings. The molecule has 0 aromatic carbocycles. The van der Waals surface area contributed by atoms with E-state index in [1.807, 2.05) is 0 Å². The van der Waals surface area contributed by atoms with E-state index < -0.39 is 23.7 Å². The van der Waals surface area contributed by atoms with Gasteiger partial charge in [-0.1, -0.05) is 17.5 Å². The molecule has 0 spiro atoms. The molecule has 11 heteroatoms. The number of carboxylic acid groups (broad SMARTS) is 1. The van der Waals surface area contributed by atoms with Crippen molar-refractivity contribution in [2.45, 2.75) is 24.9 Å². The summed E-state index contributed by atoms with van der Waals surface area (Å²) in [5, 5.41) is 11.1. The number of hydrogen-bond acceptors (Lipinski definition) is 3. The molecule has 0 saturated carbocycles. The molecule has 1 atom stereocenters. The lowest BCUT2D eigenvalue weighted by Gasteiger charge is -2.15. The third-order valence-corrected chi connectivity index (χ3v) is 2.35. The van der Waals surface area contributed by atoms with Gasteiger partial charge in [0.2, 0.25) is 0 Å². The molecule has 1 rings (SSSR count). The van der Waals surface area contributed by atoms with Gasteiger partial charge in [0.25, 0.3) is 11.5 Å². The number of halogens is 5. The van der Waals surface area contributed by atoms with Crippen molar-refractivity contribution in [2.75, 3.05) is 7.05 Å². The Morgan fingerprint density at radius 3 is 2.48 bits per heavy atom. The van der Waals surface area contributed by atoms with Gasteiger partial charge in [-0.15, -0.1) is 6.42 Å². The summed E-state index contributed by atoms with van der Waals surface area (Å²) in [6.07, 6.45) is 3.30. The van der Waals surface area contributed by atoms with Crippen LogP contribution in [0.25, 0.3) is 0 Å². The van der Waals surface area contributed by atoms with Gasteiger partial charge < -0.3 is 10.0 Å². The highest BCUT2D eigenvalue weighted by Gasteiger charge is 2.38. The maximum absolute atomic E-state index is 12.5. The molecule has 0 aliphatic carbocycles. The summed E-state index contributed by atoms with van der Waals surface area (Å²) in [5.74, 6) is -1.10. The molecule has 0 aliphatic heterocycles. The summed E-state index contributed by atoms with van der Waals surface area (Å²) in [5.41, 5.74) is -1.24. The molecule has 128 valence electrons. The van der Waals surface area contributed by atoms with Gasteiger partial charge in [-0.2, -0.15) is 18.3 Å². The maximum atomic E-state index is 12.5. The van der Waals surface area contributed by atoms with Crippen molar-refractivity contribution in [1.82, 2.24) is 14.7 Å². The number of carbonyl (C=O) groups excluding carboxylic acids is 1. The zero-order valence-corrected chi connectivity index (χ0v) is 12.5. The second-order valence-corrected chi connectivity index (χ2v) is 4.43. The maximum Gasteiger partial charge on any atom is 0.490 e. The van der Waals surface area contributed by atoms with Crippen LogP contribution in [0, 0.1) is 12.3 Å². The zero-order chi connectivity index (χ0) is 18.2. The summed E-state index contributed by atoms with van der Waals surface area (Å²) in [6.45, 7) is 0.607. The number of hydrogen-bond donors (Lipinski definition) is 1. The van der Waals surface area contributed by atoms with Gasteiger partial charge in [-0.05, 0) is 0 Å². The summed E-state index contributed by atoms with van der Waals surface area (Å²) >= 11 is 5.04. The topological polar surface area (TPSA) is 75.4 Å². The molecule has 23 heavy (non-hydrogen) atoms. The Bertz CT molecular complexity index is 581. The van der Waals surface area contributed by atoms with Crippen molar-refractivity contribution in [2.24, 2.45) is 0 Å². The van der Waals surface area contributed by atoms with E-state index >= 15 is 0 Å². The Labute approximate surface area is 133 Å². The number of aliphatic carboxylic acids is 1. The second-order valence-electron chi connectivity index (χ2n) is 4.05. The number of carbonyl (C=O) groups is 2. The van der Waals surface area contributed by atoms with Crippen molar-refractivity contribution in [3.63, 3.8) is 0 Å². The monoisotopic (exact) mass is 357 g/mol. The Hall–Kier alpha value is -2.28. The van der Waals surface area contributed by atoms with Crippen LogP contribution in [-0.2, 0) is 22.7 Å². The summed E-state index contributed by atoms with van der Waals surface area (Å²) in [6, 6.07) is 0. The molecule has 0 saturated heterocycles. The van der Waals surface area contributed by atoms with E-state index in [1.165, 1.54) is 11.9 Å². The molecular weight excluding hydrogens is 346 g/mol. The van der Waals surface area contributed by atoms with Gasteiger partial charge in [0, 0.05) is 25.4 Å². The van der Waals surface area contributed by atoms with E-state index in [9.17, 15) is 22.4 Å². The predicted octanol–water partition coefficient (Wildman–Crippen LogP) is 1.64. The van der Waals surface area contributed by atoms with E-state index in [0.29, 0.717) is 6.54 Å². The average Bonchev–Trinajstić information content (AvgIpc) is 2.85. The van der Waals surface area contributed by atoms with Crippen LogP contribution in [0.5, 0.6) is 0 Å². The molecule has 1 unspecified atom stereocenters. The first-order valence-corrected chi connectivity index (χ1v) is 6.20. The minimum Gasteiger partial charge on any atom is -0.475 e. The van der Waals surface area contributed by atoms with E-state index in [-0.39, 0.29) is 6.54 Å². The van der Waals surface area contributed by atoms with Crippen molar-refractivity contribution in [1.29, 1.82) is 0 Å². The summed E-state index contributed by atoms with van der Waals surface area (Å²) in [4.78, 5) is 21.2. The number of nitrogens with zero attached hydrogens (tertiary/aromatic N) is 3. The highest BCUT2D eigenvalue weighted by atomic mass is 35.5. The van der Waals surface area contributed by atoms with E-state index in [4.69, 9.17) is 27.9 Å². The molecule has 6 nitrogen and oxygen atoms in total. The second kappa shape index (κ2) is 8.99. The molecule has 1 amide bonds. The highest BCUT2D eigenvalue weighted by Crippen LogP contribution is 2.13. The van der Waals surface area contributed by atoms with Crippen molar-refractivity contribution < 1.29 is 32.3 Å². The normalized spacial score (nSPS) is 11.7. The highest BCUT2D eigenvalue weighted by molar-refractivity contribution is 6.29. The molecule has 1 heterocycles. The van der Waals surface area contributed by atoms with Gasteiger partial charge in [-0.3, -0.25) is 9.48 Å². The smallest absolute Gasteiger partial charge is 0.475 e. The van der Waals surface area contributed by atoms with Crippen molar-refractivity contribution >= 4 is 23.5 Å². The lowest BCUT2D eigenvalue weighted by Crippen LogP contribution is -2.30. The number of amides is 1. The fraction of sp³-hybridized carbons (Fsp3) is 0.417. The minimum absolute atomic E-state index is 0.247. The fourth-order valence-corrected chi connectivity index (χ4v) is 1.35. The number of carboxylic acids is 1. The van der Waals surface area contributed by atoms with Crippen LogP contribution in [0.4, 0.5) is 17.6 Å². The molecule has 0 radical (unpaired) electrons. The number of terminal acetylenes is 1. The molecular formula is C12H12ClF4N3O3. The Balaban J connectivity index is 0.000000585. The molecule has 1 aromatic rings. The van der Waals surface area contributed by atoms with Crippen LogP contribution in [0.1, 0.15) is 5.56 Å². The first kappa shape index (κ1) is 20.7. The van der Waals surface area contributed by atoms with E-state index in [0.717, 1.165) is 5.56 Å². The summed E-state index contributed by atoms with van der Waals surface area (Å²) < 4.78 is 45.8. The largest absolute Gasteiger partial charge is 0.490 e. The van der Waals surface area contributed by atoms with Gasteiger partial charge in [0.05, 0.1) is 6.20 Å². The standard InChI is InChI=1S/C10H11ClFN3O.C2HF3O2/c1-3-4-15-7-8(5-13-15)6-14(2)10(16)9(11)12;3-2(4,5)1(6)7/h1,5,7,9H,4,6H2,2H3;(H,6,7). The van der Waals surface area contributed by atoms with Crippen LogP contribution in [0.3, 0.4) is 0 Å². The van der Waals surface area contributed by atoms with Gasteiger partial charge in [-0.25, -0.2) is 9.18 Å². The lowest BCUT2D eigenvalue weighted by atomic mass is 10.3. The van der Waals surface area contributed by atoms with Crippen LogP contribution in [0.15, 0.2) is 12.4 Å². The zero-order valence-electron chi connectivity index (χ0n) is 11.7. The third kappa shape index (κ3) is 8.06. The average molecular weight is 358 g/mol. The van der Waals surface area contributed by atoms with Crippen LogP contribution < -0.4 is 0 Å². The van der Waals surface area contributed by atoms with Crippen LogP contribution >= 0.6 is 11.6 Å². The summed E-state index contributed by atoms with van der Waals surface area (Å²) in [7, 11) is 1.47. The Kier molecular flexibility index (Phi) is 8.10. The predicted molar refractivity (Wildman–Crippen MR) is 72.0 cm³/mol. The fourth-order valence-electron chi connectivity index (χ4n) is 1.19. The SMILES string of the molecule is C#CCn1cc(CN(C)C(=O)C(F)Cl)cn1.O=C(O)C(F)(F)F. The number of aromatic nitrogens is 2. The minimum atomic E-state index is -5.08. The van der Waals surface area contributed by atoms with Crippen LogP contribution in [-0.4, -0.2) is 50.5 Å². The van der Waals surface area contributed by atoms with E-state index in [2.05, 4.69) is 11.0 Å². The third-order valence-electron chi connectivity index (χ3n) is 2.17. The molecule has 1 N–H and O–H groups in total. The Morgan fingerprint density at radius 2 is 2.09 bits per heavy atom. The van der Waals surface area contributed by atoms with Crippen molar-refractivity contribution in [3.8, 4) is 12.3 Å². The molecule has 0 aliphatic rings. The Morgan fingerprint density at radius 1 is 1.57 bits per heavy atom. The van der Waals surface area contributed by atoms with Crippen LogP contribution in [0.2, 0.25) is 0 Å².